The van der Waals surface area contributed by atoms with E-state index in [0.717, 1.165) is 0 Å². The van der Waals surface area contributed by atoms with Gasteiger partial charge in [-0.05, 0) is 17.4 Å². The van der Waals surface area contributed by atoms with E-state index >= 15 is 0 Å². The van der Waals surface area contributed by atoms with Gasteiger partial charge in [0.15, 0.2) is 0 Å². The van der Waals surface area contributed by atoms with Crippen molar-refractivity contribution in [1.29, 1.82) is 0 Å². The van der Waals surface area contributed by atoms with Crippen LogP contribution in [-0.2, 0) is 19.7 Å². The van der Waals surface area contributed by atoms with Crippen LogP contribution in [0, 0.1) is 0 Å². The molecule has 0 aliphatic carbocycles. The standard InChI is InChI=1S/C6H5O4S/c7-10-11(8,9)6-4-2-1-3-5-6/h1-5H. The Hall–Kier alpha value is -0.910. The highest BCUT2D eigenvalue weighted by Gasteiger charge is 2.13. The van der Waals surface area contributed by atoms with Crippen LogP contribution in [0.2, 0.25) is 0 Å². The lowest BCUT2D eigenvalue weighted by atomic mass is 10.4. The number of rotatable bonds is 2. The van der Waals surface area contributed by atoms with Crippen LogP contribution in [0.3, 0.4) is 0 Å². The van der Waals surface area contributed by atoms with Gasteiger partial charge in [-0.2, -0.15) is 8.42 Å². The molecule has 0 aliphatic rings. The van der Waals surface area contributed by atoms with Crippen molar-refractivity contribution in [2.24, 2.45) is 0 Å². The van der Waals surface area contributed by atoms with E-state index in [-0.39, 0.29) is 4.90 Å². The maximum atomic E-state index is 10.7. The first kappa shape index (κ1) is 8.19. The smallest absolute Gasteiger partial charge is 0.191 e. The van der Waals surface area contributed by atoms with Gasteiger partial charge in [-0.15, -0.1) is 0 Å². The molecule has 0 spiro atoms. The van der Waals surface area contributed by atoms with Crippen molar-refractivity contribution in [1.82, 2.24) is 0 Å². The summed E-state index contributed by atoms with van der Waals surface area (Å²) in [5, 5.41) is 9.66. The highest BCUT2D eigenvalue weighted by Crippen LogP contribution is 2.09. The van der Waals surface area contributed by atoms with E-state index in [1.165, 1.54) is 24.3 Å². The molecule has 0 saturated carbocycles. The molecule has 0 amide bonds. The molecular formula is C6H5O4S. The Labute approximate surface area is 64.1 Å². The Morgan fingerprint density at radius 3 is 2.09 bits per heavy atom. The van der Waals surface area contributed by atoms with Gasteiger partial charge >= 0.3 is 10.1 Å². The molecule has 0 N–H and O–H groups in total. The molecule has 1 rings (SSSR count). The van der Waals surface area contributed by atoms with Crippen molar-refractivity contribution in [3.8, 4) is 0 Å². The van der Waals surface area contributed by atoms with E-state index in [9.17, 15) is 13.7 Å². The lowest BCUT2D eigenvalue weighted by molar-refractivity contribution is -0.202. The zero-order valence-electron chi connectivity index (χ0n) is 5.43. The normalized spacial score (nSPS) is 11.4. The number of hydrogen-bond acceptors (Lipinski definition) is 3. The zero-order valence-corrected chi connectivity index (χ0v) is 6.24. The summed E-state index contributed by atoms with van der Waals surface area (Å²) in [6.07, 6.45) is 0. The van der Waals surface area contributed by atoms with Crippen molar-refractivity contribution < 1.29 is 18.0 Å². The minimum atomic E-state index is -4.05. The second-order valence-electron chi connectivity index (χ2n) is 1.84. The summed E-state index contributed by atoms with van der Waals surface area (Å²) in [5.41, 5.74) is 0. The molecule has 0 unspecified atom stereocenters. The van der Waals surface area contributed by atoms with Crippen molar-refractivity contribution >= 4 is 10.1 Å². The molecule has 0 saturated heterocycles. The zero-order chi connectivity index (χ0) is 8.32. The summed E-state index contributed by atoms with van der Waals surface area (Å²) in [4.78, 5) is -0.130. The van der Waals surface area contributed by atoms with E-state index in [0.29, 0.717) is 0 Å². The first-order valence-electron chi connectivity index (χ1n) is 2.78. The molecule has 0 aromatic heterocycles. The second kappa shape index (κ2) is 3.00. The van der Waals surface area contributed by atoms with Crippen molar-refractivity contribution in [2.75, 3.05) is 0 Å². The summed E-state index contributed by atoms with van der Waals surface area (Å²) in [6.45, 7) is 0. The van der Waals surface area contributed by atoms with Gasteiger partial charge in [0.1, 0.15) is 0 Å². The van der Waals surface area contributed by atoms with Crippen molar-refractivity contribution in [3.63, 3.8) is 0 Å². The molecule has 0 heterocycles. The highest BCUT2D eigenvalue weighted by molar-refractivity contribution is 7.86. The summed E-state index contributed by atoms with van der Waals surface area (Å²) in [6, 6.07) is 7.22. The first-order valence-corrected chi connectivity index (χ1v) is 4.19. The maximum absolute atomic E-state index is 10.7. The predicted molar refractivity (Wildman–Crippen MR) is 35.4 cm³/mol. The fourth-order valence-electron chi connectivity index (χ4n) is 0.626. The summed E-state index contributed by atoms with van der Waals surface area (Å²) in [5.74, 6) is 0. The molecule has 59 valence electrons. The Bertz CT molecular complexity index is 316. The van der Waals surface area contributed by atoms with Crippen LogP contribution < -0.4 is 0 Å². The quantitative estimate of drug-likeness (QED) is 0.489. The van der Waals surface area contributed by atoms with E-state index < -0.39 is 10.1 Å². The molecule has 0 fully saturated rings. The van der Waals surface area contributed by atoms with Gasteiger partial charge < -0.3 is 0 Å². The van der Waals surface area contributed by atoms with Crippen LogP contribution in [0.25, 0.3) is 0 Å². The maximum Gasteiger partial charge on any atom is 0.325 e. The van der Waals surface area contributed by atoms with Gasteiger partial charge in [0.05, 0.1) is 4.90 Å². The van der Waals surface area contributed by atoms with E-state index in [2.05, 4.69) is 4.33 Å². The predicted octanol–water partition coefficient (Wildman–Crippen LogP) is 0.737. The summed E-state index contributed by atoms with van der Waals surface area (Å²) < 4.78 is 24.4. The summed E-state index contributed by atoms with van der Waals surface area (Å²) >= 11 is 0. The van der Waals surface area contributed by atoms with Gasteiger partial charge in [-0.3, -0.25) is 0 Å². The number of hydrogen-bond donors (Lipinski definition) is 0. The minimum Gasteiger partial charge on any atom is -0.191 e. The van der Waals surface area contributed by atoms with Crippen molar-refractivity contribution in [2.45, 2.75) is 4.90 Å². The van der Waals surface area contributed by atoms with Crippen LogP contribution in [0.1, 0.15) is 0 Å². The van der Waals surface area contributed by atoms with Crippen LogP contribution in [0.4, 0.5) is 0 Å². The Balaban J connectivity index is 3.14. The van der Waals surface area contributed by atoms with Crippen molar-refractivity contribution in [3.05, 3.63) is 30.3 Å². The van der Waals surface area contributed by atoms with Gasteiger partial charge in [-0.1, -0.05) is 22.5 Å². The third-order valence-corrected chi connectivity index (χ3v) is 2.15. The number of benzene rings is 1. The average molecular weight is 173 g/mol. The lowest BCUT2D eigenvalue weighted by Gasteiger charge is -1.94. The molecule has 4 nitrogen and oxygen atoms in total. The van der Waals surface area contributed by atoms with Crippen LogP contribution in [0.5, 0.6) is 0 Å². The molecule has 11 heavy (non-hydrogen) atoms. The fraction of sp³-hybridized carbons (Fsp3) is 0. The molecule has 0 atom stereocenters. The van der Waals surface area contributed by atoms with Gasteiger partial charge in [0.25, 0.3) is 0 Å². The lowest BCUT2D eigenvalue weighted by Crippen LogP contribution is -2.01. The van der Waals surface area contributed by atoms with Crippen LogP contribution in [-0.4, -0.2) is 8.42 Å². The molecule has 0 aliphatic heterocycles. The minimum absolute atomic E-state index is 0.130. The third-order valence-electron chi connectivity index (χ3n) is 1.12. The van der Waals surface area contributed by atoms with E-state index in [1.54, 1.807) is 6.07 Å². The molecule has 1 radical (unpaired) electrons. The molecule has 5 heteroatoms. The Morgan fingerprint density at radius 2 is 1.64 bits per heavy atom. The molecule has 1 aromatic rings. The molecule has 1 aromatic carbocycles. The largest absolute Gasteiger partial charge is 0.325 e. The van der Waals surface area contributed by atoms with Crippen LogP contribution >= 0.6 is 0 Å². The van der Waals surface area contributed by atoms with E-state index in [1.807, 2.05) is 0 Å². The Kier molecular flexibility index (Phi) is 2.23. The van der Waals surface area contributed by atoms with Crippen LogP contribution in [0.15, 0.2) is 35.2 Å². The monoisotopic (exact) mass is 173 g/mol. The first-order chi connectivity index (χ1) is 5.17. The van der Waals surface area contributed by atoms with Gasteiger partial charge in [-0.25, -0.2) is 0 Å². The molecular weight excluding hydrogens is 168 g/mol. The molecule has 0 bridgehead atoms. The van der Waals surface area contributed by atoms with Gasteiger partial charge in [0, 0.05) is 0 Å². The SMILES string of the molecule is [O]OS(=O)(=O)c1ccccc1. The van der Waals surface area contributed by atoms with Gasteiger partial charge in [0.2, 0.25) is 0 Å². The summed E-state index contributed by atoms with van der Waals surface area (Å²) in [7, 11) is -4.05. The topological polar surface area (TPSA) is 63.3 Å². The second-order valence-corrected chi connectivity index (χ2v) is 3.35. The van der Waals surface area contributed by atoms with E-state index in [4.69, 9.17) is 0 Å². The Morgan fingerprint density at radius 1 is 1.09 bits per heavy atom. The average Bonchev–Trinajstić information content (AvgIpc) is 2.06. The fourth-order valence-corrected chi connectivity index (χ4v) is 1.20. The third kappa shape index (κ3) is 1.76. The highest BCUT2D eigenvalue weighted by atomic mass is 32.2.